The Morgan fingerprint density at radius 2 is 0.625 bits per heavy atom. The molecule has 2 nitrogen and oxygen atoms in total. The summed E-state index contributed by atoms with van der Waals surface area (Å²) in [6.45, 7) is 0. The summed E-state index contributed by atoms with van der Waals surface area (Å²) in [5.74, 6) is 1.68. The Bertz CT molecular complexity index is 4900. The topological polar surface area (TPSA) is 18.5 Å². The first kappa shape index (κ1) is 38.6. The van der Waals surface area contributed by atoms with Crippen LogP contribution in [0.1, 0.15) is 0 Å². The molecular formula is C70H40O2. The lowest BCUT2D eigenvalue weighted by Crippen LogP contribution is -1.94. The molecular weight excluding hydrogens is 873 g/mol. The minimum atomic E-state index is 0.841. The Hall–Kier alpha value is -9.24. The van der Waals surface area contributed by atoms with Crippen LogP contribution in [0.5, 0.6) is 11.5 Å². The van der Waals surface area contributed by atoms with Crippen LogP contribution >= 0.6 is 0 Å². The zero-order valence-corrected chi connectivity index (χ0v) is 39.4. The van der Waals surface area contributed by atoms with Crippen molar-refractivity contribution in [2.24, 2.45) is 0 Å². The van der Waals surface area contributed by atoms with Gasteiger partial charge in [-0.15, -0.1) is 0 Å². The number of rotatable bonds is 5. The fraction of sp³-hybridized carbons (Fsp3) is 0.0286. The van der Waals surface area contributed by atoms with E-state index in [1.165, 1.54) is 163 Å². The molecule has 16 aromatic rings. The summed E-state index contributed by atoms with van der Waals surface area (Å²) in [6, 6.07) is 77.4. The fourth-order valence-electron chi connectivity index (χ4n) is 14.1. The van der Waals surface area contributed by atoms with E-state index in [0.717, 1.165) is 22.6 Å². The molecule has 0 saturated heterocycles. The third-order valence-corrected chi connectivity index (χ3v) is 16.8. The van der Waals surface area contributed by atoms with Crippen LogP contribution in [-0.4, -0.2) is 14.2 Å². The monoisotopic (exact) mass is 912 g/mol. The van der Waals surface area contributed by atoms with Crippen molar-refractivity contribution < 1.29 is 9.47 Å². The molecule has 0 bridgehead atoms. The summed E-state index contributed by atoms with van der Waals surface area (Å²) in [4.78, 5) is 0. The van der Waals surface area contributed by atoms with Gasteiger partial charge < -0.3 is 9.47 Å². The van der Waals surface area contributed by atoms with Crippen LogP contribution in [0.25, 0.3) is 174 Å². The number of methoxy groups -OCH3 is 2. The Morgan fingerprint density at radius 3 is 1.22 bits per heavy atom. The van der Waals surface area contributed by atoms with Gasteiger partial charge in [-0.2, -0.15) is 0 Å². The maximum Gasteiger partial charge on any atom is 0.119 e. The van der Waals surface area contributed by atoms with Crippen LogP contribution in [0.4, 0.5) is 0 Å². The first-order chi connectivity index (χ1) is 35.7. The quantitative estimate of drug-likeness (QED) is 0.127. The summed E-state index contributed by atoms with van der Waals surface area (Å²) in [5, 5.41) is 28.9. The van der Waals surface area contributed by atoms with Crippen LogP contribution < -0.4 is 9.47 Å². The molecule has 16 aromatic carbocycles. The van der Waals surface area contributed by atoms with Crippen molar-refractivity contribution in [3.63, 3.8) is 0 Å². The van der Waals surface area contributed by atoms with Crippen LogP contribution in [0.3, 0.4) is 0 Å². The summed E-state index contributed by atoms with van der Waals surface area (Å²) in [6.07, 6.45) is 0. The molecule has 1 aliphatic rings. The number of benzene rings is 14. The van der Waals surface area contributed by atoms with E-state index in [9.17, 15) is 0 Å². The average molecular weight is 913 g/mol. The Kier molecular flexibility index (Phi) is 7.37. The molecule has 0 aromatic heterocycles. The number of ether oxygens (including phenoxy) is 2. The van der Waals surface area contributed by atoms with Crippen molar-refractivity contribution in [1.82, 2.24) is 0 Å². The molecule has 332 valence electrons. The largest absolute Gasteiger partial charge is 0.497 e. The summed E-state index contributed by atoms with van der Waals surface area (Å²) < 4.78 is 11.8. The fourth-order valence-corrected chi connectivity index (χ4v) is 14.1. The average Bonchev–Trinajstić information content (AvgIpc) is 4.09. The van der Waals surface area contributed by atoms with Gasteiger partial charge in [-0.3, -0.25) is 0 Å². The zero-order valence-electron chi connectivity index (χ0n) is 39.4. The van der Waals surface area contributed by atoms with Gasteiger partial charge in [0, 0.05) is 0 Å². The minimum Gasteiger partial charge on any atom is -0.497 e. The van der Waals surface area contributed by atoms with Gasteiger partial charge in [0.2, 0.25) is 0 Å². The molecule has 0 radical (unpaired) electrons. The molecule has 0 atom stereocenters. The summed E-state index contributed by atoms with van der Waals surface area (Å²) in [5.41, 5.74) is 12.3. The maximum absolute atomic E-state index is 5.88. The highest BCUT2D eigenvalue weighted by molar-refractivity contribution is 6.52. The van der Waals surface area contributed by atoms with Gasteiger partial charge in [-0.05, 0) is 204 Å². The van der Waals surface area contributed by atoms with E-state index in [0.29, 0.717) is 0 Å². The van der Waals surface area contributed by atoms with Gasteiger partial charge in [0.15, 0.2) is 0 Å². The number of fused-ring (bicyclic) bond motifs is 15. The molecule has 0 N–H and O–H groups in total. The van der Waals surface area contributed by atoms with E-state index in [-0.39, 0.29) is 0 Å². The van der Waals surface area contributed by atoms with Crippen molar-refractivity contribution in [2.75, 3.05) is 14.2 Å². The normalized spacial score (nSPS) is 12.6. The lowest BCUT2D eigenvalue weighted by Gasteiger charge is -2.21. The third kappa shape index (κ3) is 4.66. The molecule has 0 unspecified atom stereocenters. The minimum absolute atomic E-state index is 0.841. The van der Waals surface area contributed by atoms with Gasteiger partial charge in [-0.1, -0.05) is 176 Å². The van der Waals surface area contributed by atoms with E-state index < -0.39 is 0 Å². The van der Waals surface area contributed by atoms with E-state index in [2.05, 4.69) is 194 Å². The smallest absolute Gasteiger partial charge is 0.119 e. The van der Waals surface area contributed by atoms with Gasteiger partial charge in [0.25, 0.3) is 0 Å². The van der Waals surface area contributed by atoms with Crippen molar-refractivity contribution in [2.45, 2.75) is 0 Å². The van der Waals surface area contributed by atoms with E-state index in [1.807, 2.05) is 12.1 Å². The van der Waals surface area contributed by atoms with Crippen LogP contribution in [0.2, 0.25) is 0 Å². The maximum atomic E-state index is 5.88. The van der Waals surface area contributed by atoms with Crippen molar-refractivity contribution in [3.8, 4) is 67.1 Å². The Morgan fingerprint density at radius 1 is 0.222 bits per heavy atom. The first-order valence-electron chi connectivity index (χ1n) is 25.0. The number of hydrogen-bond donors (Lipinski definition) is 0. The standard InChI is InChI=1S/C70H40O2/c1-71-41-19-12-17-39(34-41)58-44-22-8-9-23-45(44)59(40-18-13-20-42(35-40)72-2)68-54-32-28-49-51-29-33-55-64-52(30-26-50(62(51)64)48-27-31-53(67(58)68)63(54)61(48)49)66-57(37-14-4-3-5-15-37)56-36-38-16-6-7-21-43(38)60-46-24-10-11-25-47(46)65(69(55)66)70(56)60/h3-36H,1-2H3. The highest BCUT2D eigenvalue weighted by Crippen LogP contribution is 2.61. The molecule has 17 rings (SSSR count). The highest BCUT2D eigenvalue weighted by atomic mass is 16.5. The Labute approximate surface area is 413 Å². The molecule has 1 aliphatic carbocycles. The molecule has 0 saturated carbocycles. The molecule has 0 fully saturated rings. The number of hydrogen-bond acceptors (Lipinski definition) is 2. The highest BCUT2D eigenvalue weighted by Gasteiger charge is 2.33. The first-order valence-corrected chi connectivity index (χ1v) is 25.0. The van der Waals surface area contributed by atoms with Crippen molar-refractivity contribution in [3.05, 3.63) is 206 Å². The Balaban J connectivity index is 1.04. The third-order valence-electron chi connectivity index (χ3n) is 16.8. The van der Waals surface area contributed by atoms with Crippen LogP contribution in [0.15, 0.2) is 206 Å². The van der Waals surface area contributed by atoms with E-state index in [4.69, 9.17) is 9.47 Å². The lowest BCUT2D eigenvalue weighted by atomic mass is 9.82. The van der Waals surface area contributed by atoms with Crippen molar-refractivity contribution >= 4 is 118 Å². The predicted octanol–water partition coefficient (Wildman–Crippen LogP) is 19.4. The van der Waals surface area contributed by atoms with E-state index in [1.54, 1.807) is 14.2 Å². The van der Waals surface area contributed by atoms with Gasteiger partial charge in [0.05, 0.1) is 14.2 Å². The van der Waals surface area contributed by atoms with Crippen LogP contribution in [0, 0.1) is 0 Å². The molecule has 0 aliphatic heterocycles. The second kappa shape index (κ2) is 13.8. The zero-order chi connectivity index (χ0) is 47.1. The van der Waals surface area contributed by atoms with E-state index >= 15 is 0 Å². The predicted molar refractivity (Wildman–Crippen MR) is 306 cm³/mol. The lowest BCUT2D eigenvalue weighted by molar-refractivity contribution is 0.415. The van der Waals surface area contributed by atoms with Gasteiger partial charge in [-0.25, -0.2) is 0 Å². The van der Waals surface area contributed by atoms with Crippen LogP contribution in [-0.2, 0) is 0 Å². The second-order valence-electron chi connectivity index (χ2n) is 20.0. The molecule has 0 heterocycles. The molecule has 0 amide bonds. The van der Waals surface area contributed by atoms with Crippen molar-refractivity contribution in [1.29, 1.82) is 0 Å². The van der Waals surface area contributed by atoms with Gasteiger partial charge >= 0.3 is 0 Å². The second-order valence-corrected chi connectivity index (χ2v) is 20.0. The molecule has 2 heteroatoms. The summed E-state index contributed by atoms with van der Waals surface area (Å²) in [7, 11) is 3.51. The molecule has 72 heavy (non-hydrogen) atoms. The SMILES string of the molecule is COc1cccc(-c2c3c(c(-c4cccc(OC)c4)c4ccccc24)-c2ccc4c5ccc6c7c(ccc(c8ccc-3c2c84)c57)c2c(-c3ccccc3)c3cc4ccccc4c4c5ccccc5c(c62)c34)c1. The molecule has 0 spiro atoms. The summed E-state index contributed by atoms with van der Waals surface area (Å²) >= 11 is 0. The van der Waals surface area contributed by atoms with Gasteiger partial charge in [0.1, 0.15) is 11.5 Å².